The molecule has 0 saturated carbocycles. The number of hydrogen-bond donors (Lipinski definition) is 0. The van der Waals surface area contributed by atoms with E-state index in [1.54, 1.807) is 16.0 Å². The molecule has 5 nitrogen and oxygen atoms in total. The van der Waals surface area contributed by atoms with Gasteiger partial charge >= 0.3 is 0 Å². The van der Waals surface area contributed by atoms with Crippen molar-refractivity contribution < 1.29 is 4.79 Å². The Hall–Kier alpha value is -1.69. The van der Waals surface area contributed by atoms with E-state index in [0.29, 0.717) is 11.6 Å². The molecule has 0 spiro atoms. The van der Waals surface area contributed by atoms with Crippen molar-refractivity contribution in [3.8, 4) is 0 Å². The van der Waals surface area contributed by atoms with Crippen molar-refractivity contribution >= 4 is 17.2 Å². The maximum absolute atomic E-state index is 12.6. The SMILES string of the molecule is CCc1cc(C(=O)N2CCC(c3ncc(C)s3)CC2)n(C)n1. The zero-order valence-corrected chi connectivity index (χ0v) is 14.2. The van der Waals surface area contributed by atoms with Crippen molar-refractivity contribution in [1.29, 1.82) is 0 Å². The fraction of sp³-hybridized carbons (Fsp3) is 0.562. The molecular formula is C16H22N4OS. The van der Waals surface area contributed by atoms with Crippen molar-refractivity contribution in [3.05, 3.63) is 33.5 Å². The van der Waals surface area contributed by atoms with E-state index in [1.165, 1.54) is 9.88 Å². The minimum Gasteiger partial charge on any atom is -0.337 e. The average molecular weight is 318 g/mol. The molecule has 1 fully saturated rings. The lowest BCUT2D eigenvalue weighted by atomic mass is 9.97. The Morgan fingerprint density at radius 1 is 1.41 bits per heavy atom. The first kappa shape index (κ1) is 15.2. The number of nitrogens with zero attached hydrogens (tertiary/aromatic N) is 4. The van der Waals surface area contributed by atoms with Crippen LogP contribution in [0.5, 0.6) is 0 Å². The number of amides is 1. The molecule has 0 N–H and O–H groups in total. The predicted octanol–water partition coefficient (Wildman–Crippen LogP) is 2.77. The normalized spacial score (nSPS) is 16.2. The molecule has 0 unspecified atom stereocenters. The molecule has 1 saturated heterocycles. The van der Waals surface area contributed by atoms with Crippen LogP contribution in [0.25, 0.3) is 0 Å². The lowest BCUT2D eigenvalue weighted by Crippen LogP contribution is -2.38. The van der Waals surface area contributed by atoms with Gasteiger partial charge in [0.2, 0.25) is 0 Å². The summed E-state index contributed by atoms with van der Waals surface area (Å²) in [6.45, 7) is 5.75. The summed E-state index contributed by atoms with van der Waals surface area (Å²) in [5.41, 5.74) is 1.67. The predicted molar refractivity (Wildman–Crippen MR) is 87.3 cm³/mol. The smallest absolute Gasteiger partial charge is 0.272 e. The van der Waals surface area contributed by atoms with Gasteiger partial charge in [-0.25, -0.2) is 4.98 Å². The largest absolute Gasteiger partial charge is 0.337 e. The highest BCUT2D eigenvalue weighted by molar-refractivity contribution is 7.11. The molecule has 1 amide bonds. The monoisotopic (exact) mass is 318 g/mol. The molecule has 6 heteroatoms. The Bertz CT molecular complexity index is 667. The third kappa shape index (κ3) is 2.92. The summed E-state index contributed by atoms with van der Waals surface area (Å²) in [6, 6.07) is 1.92. The maximum atomic E-state index is 12.6. The van der Waals surface area contributed by atoms with Crippen LogP contribution in [0, 0.1) is 6.92 Å². The van der Waals surface area contributed by atoms with E-state index in [1.807, 2.05) is 24.2 Å². The summed E-state index contributed by atoms with van der Waals surface area (Å²) in [5.74, 6) is 0.601. The first-order chi connectivity index (χ1) is 10.6. The molecule has 2 aromatic rings. The molecule has 0 radical (unpaired) electrons. The second kappa shape index (κ2) is 6.20. The van der Waals surface area contributed by atoms with E-state index < -0.39 is 0 Å². The molecule has 118 valence electrons. The Labute approximate surface area is 135 Å². The molecule has 0 bridgehead atoms. The Kier molecular flexibility index (Phi) is 4.29. The third-order valence-corrected chi connectivity index (χ3v) is 5.36. The third-order valence-electron chi connectivity index (χ3n) is 4.28. The summed E-state index contributed by atoms with van der Waals surface area (Å²) < 4.78 is 1.71. The molecule has 22 heavy (non-hydrogen) atoms. The highest BCUT2D eigenvalue weighted by atomic mass is 32.1. The molecule has 0 aliphatic carbocycles. The fourth-order valence-corrected chi connectivity index (χ4v) is 3.90. The topological polar surface area (TPSA) is 51.0 Å². The molecule has 3 rings (SSSR count). The van der Waals surface area contributed by atoms with Gasteiger partial charge < -0.3 is 4.90 Å². The number of aromatic nitrogens is 3. The number of rotatable bonds is 3. The standard InChI is InChI=1S/C16H22N4OS/c1-4-13-9-14(19(3)18-13)16(21)20-7-5-12(6-8-20)15-17-10-11(2)22-15/h9-10,12H,4-8H2,1-3H3. The van der Waals surface area contributed by atoms with Crippen molar-refractivity contribution in [2.24, 2.45) is 7.05 Å². The number of hydrogen-bond acceptors (Lipinski definition) is 4. The van der Waals surface area contributed by atoms with Crippen LogP contribution < -0.4 is 0 Å². The van der Waals surface area contributed by atoms with Gasteiger partial charge in [0.15, 0.2) is 0 Å². The van der Waals surface area contributed by atoms with Crippen molar-refractivity contribution in [2.45, 2.75) is 39.0 Å². The number of carbonyl (C=O) groups is 1. The van der Waals surface area contributed by atoms with Gasteiger partial charge in [-0.2, -0.15) is 5.10 Å². The maximum Gasteiger partial charge on any atom is 0.272 e. The zero-order valence-electron chi connectivity index (χ0n) is 13.4. The van der Waals surface area contributed by atoms with Gasteiger partial charge in [-0.1, -0.05) is 6.92 Å². The van der Waals surface area contributed by atoms with E-state index in [2.05, 4.69) is 23.9 Å². The number of likely N-dealkylation sites (tertiary alicyclic amines) is 1. The van der Waals surface area contributed by atoms with Crippen LogP contribution >= 0.6 is 11.3 Å². The summed E-state index contributed by atoms with van der Waals surface area (Å²) in [7, 11) is 1.84. The molecule has 0 atom stereocenters. The van der Waals surface area contributed by atoms with Crippen molar-refractivity contribution in [3.63, 3.8) is 0 Å². The van der Waals surface area contributed by atoms with Gasteiger partial charge in [-0.15, -0.1) is 11.3 Å². The molecule has 1 aliphatic heterocycles. The van der Waals surface area contributed by atoms with Crippen LogP contribution in [-0.2, 0) is 13.5 Å². The van der Waals surface area contributed by atoms with E-state index >= 15 is 0 Å². The van der Waals surface area contributed by atoms with E-state index in [4.69, 9.17) is 0 Å². The fourth-order valence-electron chi connectivity index (χ4n) is 2.95. The second-order valence-corrected chi connectivity index (χ2v) is 7.14. The molecule has 0 aromatic carbocycles. The number of carbonyl (C=O) groups excluding carboxylic acids is 1. The van der Waals surface area contributed by atoms with E-state index in [0.717, 1.165) is 38.0 Å². The van der Waals surface area contributed by atoms with Crippen molar-refractivity contribution in [2.75, 3.05) is 13.1 Å². The lowest BCUT2D eigenvalue weighted by molar-refractivity contribution is 0.0702. The summed E-state index contributed by atoms with van der Waals surface area (Å²) in [4.78, 5) is 20.4. The average Bonchev–Trinajstić information content (AvgIpc) is 3.12. The zero-order chi connectivity index (χ0) is 15.7. The van der Waals surface area contributed by atoms with Crippen LogP contribution in [0.1, 0.15) is 51.8 Å². The van der Waals surface area contributed by atoms with Crippen LogP contribution in [0.3, 0.4) is 0 Å². The molecular weight excluding hydrogens is 296 g/mol. The van der Waals surface area contributed by atoms with Gasteiger partial charge in [0.1, 0.15) is 5.69 Å². The minimum absolute atomic E-state index is 0.100. The summed E-state index contributed by atoms with van der Waals surface area (Å²) >= 11 is 1.78. The van der Waals surface area contributed by atoms with Crippen LogP contribution in [0.4, 0.5) is 0 Å². The van der Waals surface area contributed by atoms with Gasteiger partial charge in [-0.05, 0) is 32.3 Å². The van der Waals surface area contributed by atoms with Crippen LogP contribution in [-0.4, -0.2) is 38.7 Å². The highest BCUT2D eigenvalue weighted by Gasteiger charge is 2.27. The Morgan fingerprint density at radius 3 is 2.68 bits per heavy atom. The van der Waals surface area contributed by atoms with Gasteiger partial charge in [0.25, 0.3) is 5.91 Å². The quantitative estimate of drug-likeness (QED) is 0.874. The number of aryl methyl sites for hydroxylation is 3. The highest BCUT2D eigenvalue weighted by Crippen LogP contribution is 2.31. The first-order valence-corrected chi connectivity index (χ1v) is 8.64. The number of piperidine rings is 1. The second-order valence-electron chi connectivity index (χ2n) is 5.87. The molecule has 1 aliphatic rings. The molecule has 2 aromatic heterocycles. The lowest BCUT2D eigenvalue weighted by Gasteiger charge is -2.31. The van der Waals surface area contributed by atoms with E-state index in [-0.39, 0.29) is 5.91 Å². The minimum atomic E-state index is 0.100. The van der Waals surface area contributed by atoms with Gasteiger partial charge in [0.05, 0.1) is 10.7 Å². The first-order valence-electron chi connectivity index (χ1n) is 7.83. The van der Waals surface area contributed by atoms with Crippen LogP contribution in [0.15, 0.2) is 12.3 Å². The summed E-state index contributed by atoms with van der Waals surface area (Å²) in [5, 5.41) is 5.59. The number of thiazole rings is 1. The van der Waals surface area contributed by atoms with Crippen molar-refractivity contribution in [1.82, 2.24) is 19.7 Å². The summed E-state index contributed by atoms with van der Waals surface area (Å²) in [6.07, 6.45) is 4.79. The van der Waals surface area contributed by atoms with Gasteiger partial charge in [-0.3, -0.25) is 9.48 Å². The Balaban J connectivity index is 1.65. The van der Waals surface area contributed by atoms with Gasteiger partial charge in [0, 0.05) is 37.1 Å². The molecule has 3 heterocycles. The van der Waals surface area contributed by atoms with E-state index in [9.17, 15) is 4.79 Å². The van der Waals surface area contributed by atoms with Crippen LogP contribution in [0.2, 0.25) is 0 Å². The Morgan fingerprint density at radius 2 is 2.14 bits per heavy atom.